The molecule has 0 saturated carbocycles. The summed E-state index contributed by atoms with van der Waals surface area (Å²) < 4.78 is 7.29. The Morgan fingerprint density at radius 2 is 1.83 bits per heavy atom. The molecule has 0 radical (unpaired) electrons. The van der Waals surface area contributed by atoms with Crippen molar-refractivity contribution in [3.05, 3.63) is 54.1 Å². The number of imidazole rings is 1. The molecule has 3 N–H and O–H groups in total. The number of hydrogen-bond acceptors (Lipinski definition) is 4. The van der Waals surface area contributed by atoms with Gasteiger partial charge in [0.25, 0.3) is 0 Å². The number of ether oxygens (including phenoxy) is 1. The van der Waals surface area contributed by atoms with Gasteiger partial charge in [0, 0.05) is 39.1 Å². The van der Waals surface area contributed by atoms with Crippen LogP contribution in [0.25, 0.3) is 0 Å². The second kappa shape index (κ2) is 12.3. The molecule has 0 atom stereocenters. The van der Waals surface area contributed by atoms with E-state index in [0.717, 1.165) is 12.4 Å². The average Bonchev–Trinajstić information content (AvgIpc) is 3.07. The molecule has 1 aromatic carbocycles. The summed E-state index contributed by atoms with van der Waals surface area (Å²) >= 11 is 0. The number of nitrogens with one attached hydrogen (secondary N) is 3. The zero-order valence-electron chi connectivity index (χ0n) is 17.4. The number of rotatable bonds is 7. The molecule has 160 valence electrons. The molecule has 0 unspecified atom stereocenters. The third kappa shape index (κ3) is 9.64. The molecule has 1 amide bonds. The Bertz CT molecular complexity index is 771. The second-order valence-corrected chi connectivity index (χ2v) is 7.24. The van der Waals surface area contributed by atoms with Gasteiger partial charge in [-0.05, 0) is 26.3 Å². The Kier molecular flexibility index (Phi) is 10.5. The van der Waals surface area contributed by atoms with Crippen LogP contribution in [0.1, 0.15) is 32.2 Å². The molecule has 0 fully saturated rings. The third-order valence-electron chi connectivity index (χ3n) is 3.72. The molecule has 0 saturated heterocycles. The summed E-state index contributed by atoms with van der Waals surface area (Å²) in [7, 11) is 1.70. The van der Waals surface area contributed by atoms with Crippen molar-refractivity contribution in [1.82, 2.24) is 25.5 Å². The number of nitrogens with zero attached hydrogens (tertiary/aromatic N) is 3. The first kappa shape index (κ1) is 24.7. The van der Waals surface area contributed by atoms with Crippen molar-refractivity contribution in [3.8, 4) is 0 Å². The maximum Gasteiger partial charge on any atom is 0.407 e. The van der Waals surface area contributed by atoms with E-state index in [-0.39, 0.29) is 24.0 Å². The maximum absolute atomic E-state index is 11.6. The second-order valence-electron chi connectivity index (χ2n) is 7.24. The van der Waals surface area contributed by atoms with Crippen molar-refractivity contribution in [1.29, 1.82) is 0 Å². The predicted molar refractivity (Wildman–Crippen MR) is 126 cm³/mol. The number of benzene rings is 1. The number of carbonyl (C=O) groups is 1. The van der Waals surface area contributed by atoms with Gasteiger partial charge >= 0.3 is 6.09 Å². The van der Waals surface area contributed by atoms with Crippen molar-refractivity contribution in [2.45, 2.75) is 39.5 Å². The van der Waals surface area contributed by atoms with Crippen molar-refractivity contribution in [2.24, 2.45) is 4.99 Å². The lowest BCUT2D eigenvalue weighted by Crippen LogP contribution is -2.42. The zero-order valence-corrected chi connectivity index (χ0v) is 19.8. The molecule has 0 aliphatic rings. The largest absolute Gasteiger partial charge is 0.444 e. The number of aromatic nitrogens is 2. The molecule has 8 nitrogen and oxygen atoms in total. The molecule has 0 spiro atoms. The van der Waals surface area contributed by atoms with Crippen LogP contribution < -0.4 is 16.0 Å². The lowest BCUT2D eigenvalue weighted by molar-refractivity contribution is 0.0529. The number of alkyl carbamates (subject to hydrolysis) is 1. The summed E-state index contributed by atoms with van der Waals surface area (Å²) in [6.45, 7) is 7.76. The van der Waals surface area contributed by atoms with E-state index in [2.05, 4.69) is 42.6 Å². The Hall–Kier alpha value is -2.30. The maximum atomic E-state index is 11.6. The van der Waals surface area contributed by atoms with Gasteiger partial charge in [-0.25, -0.2) is 9.78 Å². The highest BCUT2D eigenvalue weighted by Crippen LogP contribution is 2.06. The minimum absolute atomic E-state index is 0. The van der Waals surface area contributed by atoms with Gasteiger partial charge in [0.2, 0.25) is 0 Å². The molecule has 0 aliphatic carbocycles. The molecule has 1 heterocycles. The van der Waals surface area contributed by atoms with Crippen LogP contribution in [0.2, 0.25) is 0 Å². The van der Waals surface area contributed by atoms with Crippen LogP contribution in [-0.4, -0.2) is 47.3 Å². The number of carbonyl (C=O) groups excluding carboxylic acids is 1. The lowest BCUT2D eigenvalue weighted by Gasteiger charge is -2.20. The van der Waals surface area contributed by atoms with E-state index in [4.69, 9.17) is 4.74 Å². The highest BCUT2D eigenvalue weighted by atomic mass is 127. The third-order valence-corrected chi connectivity index (χ3v) is 3.72. The van der Waals surface area contributed by atoms with Gasteiger partial charge in [-0.2, -0.15) is 0 Å². The van der Waals surface area contributed by atoms with Crippen LogP contribution >= 0.6 is 24.0 Å². The summed E-state index contributed by atoms with van der Waals surface area (Å²) in [6, 6.07) is 10.3. The van der Waals surface area contributed by atoms with Crippen molar-refractivity contribution < 1.29 is 9.53 Å². The Morgan fingerprint density at radius 1 is 1.14 bits per heavy atom. The Morgan fingerprint density at radius 3 is 2.48 bits per heavy atom. The minimum atomic E-state index is -0.503. The van der Waals surface area contributed by atoms with E-state index in [1.54, 1.807) is 13.2 Å². The monoisotopic (exact) mass is 514 g/mol. The Balaban J connectivity index is 0.00000420. The predicted octanol–water partition coefficient (Wildman–Crippen LogP) is 2.74. The molecule has 0 bridgehead atoms. The van der Waals surface area contributed by atoms with E-state index in [9.17, 15) is 4.79 Å². The number of guanidine groups is 1. The van der Waals surface area contributed by atoms with Gasteiger partial charge in [0.1, 0.15) is 11.4 Å². The summed E-state index contributed by atoms with van der Waals surface area (Å²) in [4.78, 5) is 20.2. The van der Waals surface area contributed by atoms with E-state index in [1.165, 1.54) is 5.56 Å². The molecule has 2 rings (SSSR count). The van der Waals surface area contributed by atoms with Gasteiger partial charge < -0.3 is 25.3 Å². The van der Waals surface area contributed by atoms with Crippen LogP contribution in [0.4, 0.5) is 4.79 Å². The molecule has 9 heteroatoms. The van der Waals surface area contributed by atoms with Crippen LogP contribution in [0.3, 0.4) is 0 Å². The summed E-state index contributed by atoms with van der Waals surface area (Å²) in [5.74, 6) is 1.55. The molecule has 1 aromatic heterocycles. The fourth-order valence-corrected chi connectivity index (χ4v) is 2.47. The average molecular weight is 514 g/mol. The van der Waals surface area contributed by atoms with Crippen LogP contribution in [-0.2, 0) is 17.8 Å². The SMILES string of the molecule is CN=C(NCCNC(=O)OC(C)(C)C)NCc1nccn1Cc1ccccc1.I. The number of halogens is 1. The molecule has 0 aliphatic heterocycles. The summed E-state index contributed by atoms with van der Waals surface area (Å²) in [5, 5.41) is 9.09. The number of aliphatic imine (C=N–C) groups is 1. The molecule has 29 heavy (non-hydrogen) atoms. The highest BCUT2D eigenvalue weighted by molar-refractivity contribution is 14.0. The fraction of sp³-hybridized carbons (Fsp3) is 0.450. The van der Waals surface area contributed by atoms with E-state index in [0.29, 0.717) is 25.6 Å². The van der Waals surface area contributed by atoms with Crippen molar-refractivity contribution >= 4 is 36.0 Å². The van der Waals surface area contributed by atoms with Gasteiger partial charge in [-0.15, -0.1) is 24.0 Å². The first-order valence-corrected chi connectivity index (χ1v) is 9.32. The van der Waals surface area contributed by atoms with Crippen LogP contribution in [0.5, 0.6) is 0 Å². The zero-order chi connectivity index (χ0) is 20.4. The minimum Gasteiger partial charge on any atom is -0.444 e. The smallest absolute Gasteiger partial charge is 0.407 e. The lowest BCUT2D eigenvalue weighted by atomic mass is 10.2. The van der Waals surface area contributed by atoms with Gasteiger partial charge in [0.15, 0.2) is 5.96 Å². The number of amides is 1. The van der Waals surface area contributed by atoms with E-state index >= 15 is 0 Å². The standard InChI is InChI=1S/C20H30N6O2.HI/c1-20(2,3)28-19(27)24-11-10-23-18(21-4)25-14-17-22-12-13-26(17)15-16-8-6-5-7-9-16;/h5-9,12-13H,10-11,14-15H2,1-4H3,(H,24,27)(H2,21,23,25);1H. The summed E-state index contributed by atoms with van der Waals surface area (Å²) in [6.07, 6.45) is 3.33. The van der Waals surface area contributed by atoms with Crippen molar-refractivity contribution in [2.75, 3.05) is 20.1 Å². The number of hydrogen-bond donors (Lipinski definition) is 3. The first-order chi connectivity index (χ1) is 13.4. The molecule has 2 aromatic rings. The topological polar surface area (TPSA) is 92.6 Å². The van der Waals surface area contributed by atoms with Gasteiger partial charge in [-0.1, -0.05) is 30.3 Å². The summed E-state index contributed by atoms with van der Waals surface area (Å²) in [5.41, 5.74) is 0.717. The molecular weight excluding hydrogens is 483 g/mol. The van der Waals surface area contributed by atoms with Crippen LogP contribution in [0, 0.1) is 0 Å². The quantitative estimate of drug-likeness (QED) is 0.229. The van der Waals surface area contributed by atoms with Crippen molar-refractivity contribution in [3.63, 3.8) is 0 Å². The van der Waals surface area contributed by atoms with Gasteiger partial charge in [0.05, 0.1) is 6.54 Å². The van der Waals surface area contributed by atoms with Crippen LogP contribution in [0.15, 0.2) is 47.7 Å². The fourth-order valence-electron chi connectivity index (χ4n) is 2.47. The Labute approximate surface area is 189 Å². The molecular formula is C20H31IN6O2. The highest BCUT2D eigenvalue weighted by Gasteiger charge is 2.15. The van der Waals surface area contributed by atoms with Gasteiger partial charge in [-0.3, -0.25) is 4.99 Å². The first-order valence-electron chi connectivity index (χ1n) is 9.32. The van der Waals surface area contributed by atoms with E-state index in [1.807, 2.05) is 45.2 Å². The normalized spacial score (nSPS) is 11.4. The van der Waals surface area contributed by atoms with E-state index < -0.39 is 11.7 Å².